The number of hydrogen-bond donors (Lipinski definition) is 4. The van der Waals surface area contributed by atoms with Crippen molar-refractivity contribution in [2.75, 3.05) is 19.8 Å². The van der Waals surface area contributed by atoms with E-state index in [1.807, 2.05) is 30.3 Å². The van der Waals surface area contributed by atoms with Crippen molar-refractivity contribution in [3.05, 3.63) is 35.9 Å². The quantitative estimate of drug-likeness (QED) is 0.574. The number of amides is 1. The van der Waals surface area contributed by atoms with E-state index in [-0.39, 0.29) is 24.2 Å². The van der Waals surface area contributed by atoms with Crippen LogP contribution in [-0.4, -0.2) is 36.8 Å². The maximum absolute atomic E-state index is 12.9. The van der Waals surface area contributed by atoms with E-state index in [9.17, 15) is 9.90 Å². The number of benzene rings is 1. The van der Waals surface area contributed by atoms with Gasteiger partial charge in [0.25, 0.3) is 5.91 Å². The van der Waals surface area contributed by atoms with Gasteiger partial charge in [-0.05, 0) is 43.3 Å². The fourth-order valence-electron chi connectivity index (χ4n) is 4.69. The first-order chi connectivity index (χ1) is 11.7. The number of fused-ring (bicyclic) bond motifs is 1. The fourth-order valence-corrected chi connectivity index (χ4v) is 4.69. The Labute approximate surface area is 155 Å². The van der Waals surface area contributed by atoms with Crippen LogP contribution in [0.2, 0.25) is 0 Å². The molecule has 4 rings (SSSR count). The molecule has 2 unspecified atom stereocenters. The standard InChI is InChI=1S/C19H27N3O2.ClH/c23-18(22-12-21-17-15-10-20-11-16(15)17)19(24,14-8-4-5-9-14)13-6-2-1-3-7-13;/h1-3,6-7,14-17,20-21,24H,4-5,8-12H2,(H,22,23);1H/t15?,16?,17?,19-;/m1./s1. The first kappa shape index (κ1) is 18.6. The predicted molar refractivity (Wildman–Crippen MR) is 99.3 cm³/mol. The number of nitrogens with one attached hydrogen (secondary N) is 3. The lowest BCUT2D eigenvalue weighted by molar-refractivity contribution is -0.147. The summed E-state index contributed by atoms with van der Waals surface area (Å²) in [4.78, 5) is 12.9. The van der Waals surface area contributed by atoms with Gasteiger partial charge in [-0.15, -0.1) is 12.4 Å². The van der Waals surface area contributed by atoms with Crippen molar-refractivity contribution < 1.29 is 9.90 Å². The smallest absolute Gasteiger partial charge is 0.257 e. The molecule has 0 radical (unpaired) electrons. The Kier molecular flexibility index (Phi) is 5.68. The van der Waals surface area contributed by atoms with Crippen LogP contribution in [0, 0.1) is 17.8 Å². The molecule has 6 heteroatoms. The van der Waals surface area contributed by atoms with Gasteiger partial charge in [0, 0.05) is 12.0 Å². The number of carbonyl (C=O) groups is 1. The minimum absolute atomic E-state index is 0. The summed E-state index contributed by atoms with van der Waals surface area (Å²) in [6.07, 6.45) is 3.99. The molecule has 3 aliphatic rings. The Balaban J connectivity index is 0.00000182. The maximum Gasteiger partial charge on any atom is 0.257 e. The largest absolute Gasteiger partial charge is 0.375 e. The van der Waals surface area contributed by atoms with Gasteiger partial charge >= 0.3 is 0 Å². The molecular formula is C19H28ClN3O2. The fraction of sp³-hybridized carbons (Fsp3) is 0.632. The van der Waals surface area contributed by atoms with Crippen LogP contribution in [0.4, 0.5) is 0 Å². The second kappa shape index (κ2) is 7.62. The summed E-state index contributed by atoms with van der Waals surface area (Å²) < 4.78 is 0. The van der Waals surface area contributed by atoms with Gasteiger partial charge < -0.3 is 15.7 Å². The molecule has 3 fully saturated rings. The molecule has 0 spiro atoms. The predicted octanol–water partition coefficient (Wildman–Crippen LogP) is 1.37. The Morgan fingerprint density at radius 2 is 1.80 bits per heavy atom. The van der Waals surface area contributed by atoms with Gasteiger partial charge in [-0.25, -0.2) is 0 Å². The third kappa shape index (κ3) is 3.43. The van der Waals surface area contributed by atoms with E-state index in [0.717, 1.165) is 38.8 Å². The van der Waals surface area contributed by atoms with Crippen molar-refractivity contribution in [1.82, 2.24) is 16.0 Å². The molecule has 5 nitrogen and oxygen atoms in total. The van der Waals surface area contributed by atoms with Gasteiger partial charge in [-0.2, -0.15) is 0 Å². The van der Waals surface area contributed by atoms with Gasteiger partial charge in [0.2, 0.25) is 0 Å². The monoisotopic (exact) mass is 365 g/mol. The third-order valence-corrected chi connectivity index (χ3v) is 6.18. The molecule has 2 aliphatic carbocycles. The van der Waals surface area contributed by atoms with E-state index in [1.165, 1.54) is 0 Å². The lowest BCUT2D eigenvalue weighted by Gasteiger charge is -2.33. The van der Waals surface area contributed by atoms with Crippen molar-refractivity contribution in [3.8, 4) is 0 Å². The summed E-state index contributed by atoms with van der Waals surface area (Å²) in [7, 11) is 0. The molecule has 1 saturated heterocycles. The second-order valence-corrected chi connectivity index (χ2v) is 7.51. The highest BCUT2D eigenvalue weighted by atomic mass is 35.5. The lowest BCUT2D eigenvalue weighted by atomic mass is 9.79. The van der Waals surface area contributed by atoms with Crippen LogP contribution < -0.4 is 16.0 Å². The normalized spacial score (nSPS) is 30.2. The van der Waals surface area contributed by atoms with Crippen LogP contribution in [0.5, 0.6) is 0 Å². The third-order valence-electron chi connectivity index (χ3n) is 6.18. The minimum atomic E-state index is -1.42. The van der Waals surface area contributed by atoms with Gasteiger partial charge in [0.15, 0.2) is 5.60 Å². The van der Waals surface area contributed by atoms with Gasteiger partial charge in [-0.1, -0.05) is 43.2 Å². The zero-order valence-electron chi connectivity index (χ0n) is 14.4. The van der Waals surface area contributed by atoms with Gasteiger partial charge in [0.05, 0.1) is 6.67 Å². The molecule has 2 saturated carbocycles. The zero-order chi connectivity index (χ0) is 16.6. The highest BCUT2D eigenvalue weighted by molar-refractivity contribution is 5.86. The molecule has 0 bridgehead atoms. The van der Waals surface area contributed by atoms with E-state index in [1.54, 1.807) is 0 Å². The molecule has 0 aromatic heterocycles. The van der Waals surface area contributed by atoms with Gasteiger partial charge in [-0.3, -0.25) is 10.1 Å². The van der Waals surface area contributed by atoms with E-state index >= 15 is 0 Å². The SMILES string of the molecule is Cl.O=C(NCNC1C2CNCC21)[C@@](O)(c1ccccc1)C1CCCC1. The van der Waals surface area contributed by atoms with E-state index in [4.69, 9.17) is 0 Å². The first-order valence-corrected chi connectivity index (χ1v) is 9.21. The highest BCUT2D eigenvalue weighted by Crippen LogP contribution is 2.42. The summed E-state index contributed by atoms with van der Waals surface area (Å²) >= 11 is 0. The summed E-state index contributed by atoms with van der Waals surface area (Å²) in [5.74, 6) is 1.16. The van der Waals surface area contributed by atoms with Crippen molar-refractivity contribution in [2.24, 2.45) is 17.8 Å². The van der Waals surface area contributed by atoms with Crippen molar-refractivity contribution in [1.29, 1.82) is 0 Å². The van der Waals surface area contributed by atoms with E-state index < -0.39 is 5.60 Å². The molecule has 1 amide bonds. The topological polar surface area (TPSA) is 73.4 Å². The van der Waals surface area contributed by atoms with Crippen LogP contribution in [0.1, 0.15) is 31.2 Å². The number of piperidine rings is 1. The number of hydrogen-bond acceptors (Lipinski definition) is 4. The summed E-state index contributed by atoms with van der Waals surface area (Å²) in [5, 5.41) is 21.1. The highest BCUT2D eigenvalue weighted by Gasteiger charge is 2.52. The molecule has 1 aromatic carbocycles. The molecule has 3 atom stereocenters. The van der Waals surface area contributed by atoms with Crippen molar-refractivity contribution in [3.63, 3.8) is 0 Å². The molecule has 138 valence electrons. The Morgan fingerprint density at radius 3 is 2.44 bits per heavy atom. The van der Waals surface area contributed by atoms with Crippen LogP contribution >= 0.6 is 12.4 Å². The lowest BCUT2D eigenvalue weighted by Crippen LogP contribution is -2.51. The molecule has 4 N–H and O–H groups in total. The minimum Gasteiger partial charge on any atom is -0.375 e. The van der Waals surface area contributed by atoms with Crippen molar-refractivity contribution >= 4 is 18.3 Å². The number of carbonyl (C=O) groups excluding carboxylic acids is 1. The zero-order valence-corrected chi connectivity index (χ0v) is 15.2. The van der Waals surface area contributed by atoms with Crippen LogP contribution in [-0.2, 0) is 10.4 Å². The van der Waals surface area contributed by atoms with Gasteiger partial charge in [0.1, 0.15) is 0 Å². The average Bonchev–Trinajstić information content (AvgIpc) is 3.07. The molecular weight excluding hydrogens is 338 g/mol. The Morgan fingerprint density at radius 1 is 1.16 bits per heavy atom. The molecule has 1 aromatic rings. The summed E-state index contributed by atoms with van der Waals surface area (Å²) in [6.45, 7) is 2.58. The molecule has 25 heavy (non-hydrogen) atoms. The second-order valence-electron chi connectivity index (χ2n) is 7.51. The molecule has 1 heterocycles. The van der Waals surface area contributed by atoms with Crippen LogP contribution in [0.3, 0.4) is 0 Å². The Bertz CT molecular complexity index is 584. The van der Waals surface area contributed by atoms with Crippen LogP contribution in [0.15, 0.2) is 30.3 Å². The van der Waals surface area contributed by atoms with Crippen LogP contribution in [0.25, 0.3) is 0 Å². The summed E-state index contributed by atoms with van der Waals surface area (Å²) in [5.41, 5.74) is -0.706. The van der Waals surface area contributed by atoms with Crippen molar-refractivity contribution in [2.45, 2.75) is 37.3 Å². The number of rotatable bonds is 6. The number of aliphatic hydroxyl groups is 1. The molecule has 1 aliphatic heterocycles. The van der Waals surface area contributed by atoms with E-state index in [0.29, 0.717) is 30.1 Å². The average molecular weight is 366 g/mol. The summed E-state index contributed by atoms with van der Waals surface area (Å²) in [6, 6.07) is 9.93. The van der Waals surface area contributed by atoms with E-state index in [2.05, 4.69) is 16.0 Å². The first-order valence-electron chi connectivity index (χ1n) is 9.21. The maximum atomic E-state index is 12.9. The number of halogens is 1. The Hall–Kier alpha value is -1.14.